The number of nitrogens with zero attached hydrogens (tertiary/aromatic N) is 4. The van der Waals surface area contributed by atoms with Crippen LogP contribution in [0.4, 0.5) is 4.79 Å². The average Bonchev–Trinajstić information content (AvgIpc) is 3.15. The van der Waals surface area contributed by atoms with Gasteiger partial charge in [-0.3, -0.25) is 14.1 Å². The molecule has 1 fully saturated rings. The van der Waals surface area contributed by atoms with Crippen LogP contribution >= 0.6 is 11.3 Å². The average molecular weight is 394 g/mol. The lowest BCUT2D eigenvalue weighted by Crippen LogP contribution is -2.51. The highest BCUT2D eigenvalue weighted by molar-refractivity contribution is 7.15. The van der Waals surface area contributed by atoms with Crippen LogP contribution in [0.15, 0.2) is 17.8 Å². The molecule has 3 heterocycles. The van der Waals surface area contributed by atoms with E-state index in [1.165, 1.54) is 0 Å². The number of nitrogens with one attached hydrogen (secondary N) is 1. The highest BCUT2D eigenvalue weighted by Crippen LogP contribution is 2.12. The molecule has 0 saturated carbocycles. The molecular formula is C18H27N5O3S. The molecule has 0 unspecified atom stereocenters. The molecule has 8 nitrogen and oxygen atoms in total. The van der Waals surface area contributed by atoms with Crippen molar-refractivity contribution in [3.63, 3.8) is 0 Å². The van der Waals surface area contributed by atoms with Crippen molar-refractivity contribution in [1.82, 2.24) is 24.5 Å². The Kier molecular flexibility index (Phi) is 6.01. The molecule has 3 rings (SSSR count). The minimum Gasteiger partial charge on any atom is -0.444 e. The number of ether oxygens (including phenoxy) is 1. The first-order valence-electron chi connectivity index (χ1n) is 9.18. The van der Waals surface area contributed by atoms with Gasteiger partial charge in [0.1, 0.15) is 5.60 Å². The minimum absolute atomic E-state index is 0.0202. The standard InChI is InChI=1S/C18H27N5O3S/c1-18(2,3)26-17(25)22-8-6-21(7-9-22)5-4-19-15(24)12-14-13-23-10-11-27-16(23)20-14/h10-11,13H,4-9,12H2,1-3H3,(H,19,24). The fourth-order valence-corrected chi connectivity index (χ4v) is 3.64. The Balaban J connectivity index is 1.33. The van der Waals surface area contributed by atoms with Gasteiger partial charge in [0.25, 0.3) is 0 Å². The van der Waals surface area contributed by atoms with Crippen LogP contribution in [-0.2, 0) is 16.0 Å². The predicted molar refractivity (Wildman–Crippen MR) is 104 cm³/mol. The first-order chi connectivity index (χ1) is 12.8. The Hall–Kier alpha value is -2.13. The highest BCUT2D eigenvalue weighted by atomic mass is 32.1. The van der Waals surface area contributed by atoms with E-state index in [2.05, 4.69) is 15.2 Å². The van der Waals surface area contributed by atoms with Crippen molar-refractivity contribution in [2.45, 2.75) is 32.8 Å². The minimum atomic E-state index is -0.470. The van der Waals surface area contributed by atoms with Gasteiger partial charge >= 0.3 is 6.09 Å². The van der Waals surface area contributed by atoms with Crippen molar-refractivity contribution >= 4 is 28.3 Å². The largest absolute Gasteiger partial charge is 0.444 e. The molecule has 0 aliphatic carbocycles. The topological polar surface area (TPSA) is 79.2 Å². The van der Waals surface area contributed by atoms with Crippen molar-refractivity contribution in [1.29, 1.82) is 0 Å². The van der Waals surface area contributed by atoms with E-state index in [4.69, 9.17) is 4.74 Å². The Morgan fingerprint density at radius 3 is 2.67 bits per heavy atom. The maximum atomic E-state index is 12.1. The summed E-state index contributed by atoms with van der Waals surface area (Å²) in [6.07, 6.45) is 3.86. The number of amides is 2. The number of thiazole rings is 1. The third kappa shape index (κ3) is 5.67. The fourth-order valence-electron chi connectivity index (χ4n) is 2.92. The number of aromatic nitrogens is 2. The Labute approximate surface area is 163 Å². The second-order valence-corrected chi connectivity index (χ2v) is 8.53. The van der Waals surface area contributed by atoms with Gasteiger partial charge in [-0.2, -0.15) is 0 Å². The molecular weight excluding hydrogens is 366 g/mol. The molecule has 1 aliphatic heterocycles. The van der Waals surface area contributed by atoms with Crippen LogP contribution < -0.4 is 5.32 Å². The molecule has 0 aromatic carbocycles. The first-order valence-corrected chi connectivity index (χ1v) is 10.1. The lowest BCUT2D eigenvalue weighted by Gasteiger charge is -2.35. The molecule has 1 N–H and O–H groups in total. The van der Waals surface area contributed by atoms with E-state index in [9.17, 15) is 9.59 Å². The number of hydrogen-bond acceptors (Lipinski definition) is 6. The zero-order chi connectivity index (χ0) is 19.4. The molecule has 2 amide bonds. The van der Waals surface area contributed by atoms with Crippen LogP contribution in [0.5, 0.6) is 0 Å². The fraction of sp³-hybridized carbons (Fsp3) is 0.611. The van der Waals surface area contributed by atoms with Gasteiger partial charge in [0, 0.05) is 57.0 Å². The van der Waals surface area contributed by atoms with E-state index in [1.54, 1.807) is 16.2 Å². The predicted octanol–water partition coefficient (Wildman–Crippen LogP) is 1.61. The summed E-state index contributed by atoms with van der Waals surface area (Å²) < 4.78 is 7.33. The van der Waals surface area contributed by atoms with Crippen LogP contribution in [0.3, 0.4) is 0 Å². The van der Waals surface area contributed by atoms with Gasteiger partial charge < -0.3 is 15.0 Å². The normalized spacial score (nSPS) is 15.9. The molecule has 0 atom stereocenters. The molecule has 1 aliphatic rings. The molecule has 148 valence electrons. The Morgan fingerprint density at radius 2 is 2.00 bits per heavy atom. The van der Waals surface area contributed by atoms with E-state index in [0.29, 0.717) is 26.1 Å². The quantitative estimate of drug-likeness (QED) is 0.835. The van der Waals surface area contributed by atoms with Crippen molar-refractivity contribution in [2.75, 3.05) is 39.3 Å². The molecule has 0 bridgehead atoms. The Morgan fingerprint density at radius 1 is 1.26 bits per heavy atom. The summed E-state index contributed by atoms with van der Waals surface area (Å²) in [5.41, 5.74) is 0.313. The van der Waals surface area contributed by atoms with Crippen LogP contribution in [0, 0.1) is 0 Å². The monoisotopic (exact) mass is 393 g/mol. The molecule has 2 aromatic rings. The number of carbonyl (C=O) groups is 2. The van der Waals surface area contributed by atoms with Gasteiger partial charge in [-0.25, -0.2) is 9.78 Å². The summed E-state index contributed by atoms with van der Waals surface area (Å²) in [6, 6.07) is 0. The molecule has 1 saturated heterocycles. The van der Waals surface area contributed by atoms with Crippen LogP contribution in [0.2, 0.25) is 0 Å². The van der Waals surface area contributed by atoms with Crippen molar-refractivity contribution in [3.05, 3.63) is 23.5 Å². The molecule has 27 heavy (non-hydrogen) atoms. The van der Waals surface area contributed by atoms with Crippen molar-refractivity contribution < 1.29 is 14.3 Å². The van der Waals surface area contributed by atoms with Gasteiger partial charge in [-0.05, 0) is 20.8 Å². The summed E-state index contributed by atoms with van der Waals surface area (Å²) in [5.74, 6) is -0.0202. The number of fused-ring (bicyclic) bond motifs is 1. The first kappa shape index (κ1) is 19.6. The summed E-state index contributed by atoms with van der Waals surface area (Å²) in [5, 5.41) is 4.92. The van der Waals surface area contributed by atoms with Gasteiger partial charge in [-0.15, -0.1) is 11.3 Å². The lowest BCUT2D eigenvalue weighted by molar-refractivity contribution is -0.120. The number of imidazole rings is 1. The highest BCUT2D eigenvalue weighted by Gasteiger charge is 2.25. The molecule has 0 spiro atoms. The third-order valence-electron chi connectivity index (χ3n) is 4.26. The smallest absolute Gasteiger partial charge is 0.410 e. The number of hydrogen-bond donors (Lipinski definition) is 1. The number of carbonyl (C=O) groups excluding carboxylic acids is 2. The maximum Gasteiger partial charge on any atom is 0.410 e. The van der Waals surface area contributed by atoms with Crippen molar-refractivity contribution in [3.8, 4) is 0 Å². The van der Waals surface area contributed by atoms with Crippen LogP contribution in [0.1, 0.15) is 26.5 Å². The van der Waals surface area contributed by atoms with Gasteiger partial charge in [0.05, 0.1) is 12.1 Å². The summed E-state index contributed by atoms with van der Waals surface area (Å²) in [4.78, 5) is 33.5. The van der Waals surface area contributed by atoms with E-state index in [1.807, 2.05) is 42.9 Å². The summed E-state index contributed by atoms with van der Waals surface area (Å²) in [6.45, 7) is 9.84. The second-order valence-electron chi connectivity index (χ2n) is 7.66. The van der Waals surface area contributed by atoms with Gasteiger partial charge in [0.15, 0.2) is 4.96 Å². The second kappa shape index (κ2) is 8.26. The van der Waals surface area contributed by atoms with Crippen LogP contribution in [0.25, 0.3) is 4.96 Å². The zero-order valence-electron chi connectivity index (χ0n) is 16.1. The van der Waals surface area contributed by atoms with E-state index < -0.39 is 5.60 Å². The van der Waals surface area contributed by atoms with E-state index in [0.717, 1.165) is 30.3 Å². The maximum absolute atomic E-state index is 12.1. The zero-order valence-corrected chi connectivity index (χ0v) is 16.9. The summed E-state index contributed by atoms with van der Waals surface area (Å²) >= 11 is 1.55. The molecule has 0 radical (unpaired) electrons. The third-order valence-corrected chi connectivity index (χ3v) is 5.03. The van der Waals surface area contributed by atoms with E-state index >= 15 is 0 Å². The molecule has 2 aromatic heterocycles. The van der Waals surface area contributed by atoms with Crippen LogP contribution in [-0.4, -0.2) is 76.1 Å². The Bertz CT molecular complexity index is 758. The van der Waals surface area contributed by atoms with Gasteiger partial charge in [0.2, 0.25) is 5.91 Å². The summed E-state index contributed by atoms with van der Waals surface area (Å²) in [7, 11) is 0. The van der Waals surface area contributed by atoms with E-state index in [-0.39, 0.29) is 12.0 Å². The molecule has 9 heteroatoms. The number of rotatable bonds is 5. The number of piperazine rings is 1. The van der Waals surface area contributed by atoms with Gasteiger partial charge in [-0.1, -0.05) is 0 Å². The lowest BCUT2D eigenvalue weighted by atomic mass is 10.2. The SMILES string of the molecule is CC(C)(C)OC(=O)N1CCN(CCNC(=O)Cc2cn3ccsc3n2)CC1. The van der Waals surface area contributed by atoms with Crippen molar-refractivity contribution in [2.24, 2.45) is 0 Å².